The Balaban J connectivity index is 2.55. The molecule has 2 aromatic rings. The van der Waals surface area contributed by atoms with Gasteiger partial charge in [0, 0.05) is 11.8 Å². The molecule has 0 fully saturated rings. The van der Waals surface area contributed by atoms with Crippen LogP contribution in [-0.4, -0.2) is 21.0 Å². The molecule has 1 heterocycles. The van der Waals surface area contributed by atoms with Gasteiger partial charge in [0.15, 0.2) is 11.7 Å². The van der Waals surface area contributed by atoms with Gasteiger partial charge in [-0.1, -0.05) is 23.4 Å². The summed E-state index contributed by atoms with van der Waals surface area (Å²) in [6, 6.07) is 7.54. The van der Waals surface area contributed by atoms with Crippen LogP contribution in [0.5, 0.6) is 0 Å². The van der Waals surface area contributed by atoms with E-state index in [-0.39, 0.29) is 5.84 Å². The fourth-order valence-electron chi connectivity index (χ4n) is 1.68. The predicted octanol–water partition coefficient (Wildman–Crippen LogP) is 1.85. The summed E-state index contributed by atoms with van der Waals surface area (Å²) in [5.74, 6) is 0.546. The van der Waals surface area contributed by atoms with Gasteiger partial charge < -0.3 is 10.9 Å². The van der Waals surface area contributed by atoms with Crippen molar-refractivity contribution in [3.8, 4) is 11.4 Å². The molecule has 0 aliphatic heterocycles. The third-order valence-corrected chi connectivity index (χ3v) is 2.87. The highest BCUT2D eigenvalue weighted by Gasteiger charge is 2.09. The van der Waals surface area contributed by atoms with Gasteiger partial charge in [-0.15, -0.1) is 0 Å². The zero-order valence-electron chi connectivity index (χ0n) is 10.3. The van der Waals surface area contributed by atoms with Crippen molar-refractivity contribution < 1.29 is 5.21 Å². The standard InChI is InChI=1S/C13H14N4O/c1-8-4-3-5-10(9(8)2)13-15-7-6-11(16-13)12(14)17-18/h3-7,18H,1-2H3,(H2,14,17). The highest BCUT2D eigenvalue weighted by molar-refractivity contribution is 5.95. The van der Waals surface area contributed by atoms with Crippen LogP contribution in [0.3, 0.4) is 0 Å². The molecule has 0 atom stereocenters. The van der Waals surface area contributed by atoms with Crippen LogP contribution < -0.4 is 5.73 Å². The number of benzene rings is 1. The van der Waals surface area contributed by atoms with Crippen LogP contribution in [0, 0.1) is 13.8 Å². The second-order valence-electron chi connectivity index (χ2n) is 4.00. The summed E-state index contributed by atoms with van der Waals surface area (Å²) >= 11 is 0. The van der Waals surface area contributed by atoms with Gasteiger partial charge in [-0.25, -0.2) is 9.97 Å². The Hall–Kier alpha value is -2.43. The minimum absolute atomic E-state index is 0.0241. The fraction of sp³-hybridized carbons (Fsp3) is 0.154. The minimum atomic E-state index is -0.0241. The number of nitrogens with zero attached hydrogens (tertiary/aromatic N) is 3. The van der Waals surface area contributed by atoms with E-state index in [1.165, 1.54) is 5.56 Å². The molecule has 0 bridgehead atoms. The zero-order chi connectivity index (χ0) is 13.1. The van der Waals surface area contributed by atoms with Gasteiger partial charge in [-0.05, 0) is 31.0 Å². The predicted molar refractivity (Wildman–Crippen MR) is 69.5 cm³/mol. The van der Waals surface area contributed by atoms with Crippen LogP contribution in [0.4, 0.5) is 0 Å². The molecule has 0 amide bonds. The number of aryl methyl sites for hydroxylation is 1. The van der Waals surface area contributed by atoms with E-state index in [9.17, 15) is 0 Å². The molecule has 5 heteroatoms. The highest BCUT2D eigenvalue weighted by atomic mass is 16.4. The SMILES string of the molecule is Cc1cccc(-c2nccc(/C(N)=N/O)n2)c1C. The number of rotatable bonds is 2. The number of amidine groups is 1. The van der Waals surface area contributed by atoms with Gasteiger partial charge in [-0.2, -0.15) is 0 Å². The molecule has 92 valence electrons. The van der Waals surface area contributed by atoms with Crippen LogP contribution >= 0.6 is 0 Å². The smallest absolute Gasteiger partial charge is 0.188 e. The van der Waals surface area contributed by atoms with Gasteiger partial charge in [0.2, 0.25) is 0 Å². The number of aromatic nitrogens is 2. The second kappa shape index (κ2) is 4.83. The number of nitrogens with two attached hydrogens (primary N) is 1. The lowest BCUT2D eigenvalue weighted by Gasteiger charge is -2.07. The summed E-state index contributed by atoms with van der Waals surface area (Å²) < 4.78 is 0. The van der Waals surface area contributed by atoms with Gasteiger partial charge in [0.25, 0.3) is 0 Å². The third-order valence-electron chi connectivity index (χ3n) is 2.87. The Morgan fingerprint density at radius 3 is 2.78 bits per heavy atom. The van der Waals surface area contributed by atoms with E-state index in [2.05, 4.69) is 15.1 Å². The average molecular weight is 242 g/mol. The summed E-state index contributed by atoms with van der Waals surface area (Å²) in [5.41, 5.74) is 9.16. The Labute approximate surface area is 105 Å². The topological polar surface area (TPSA) is 84.4 Å². The number of oxime groups is 1. The Kier molecular flexibility index (Phi) is 3.23. The lowest BCUT2D eigenvalue weighted by atomic mass is 10.0. The Morgan fingerprint density at radius 2 is 2.06 bits per heavy atom. The molecule has 5 nitrogen and oxygen atoms in total. The third kappa shape index (κ3) is 2.15. The molecular weight excluding hydrogens is 228 g/mol. The monoisotopic (exact) mass is 242 g/mol. The van der Waals surface area contributed by atoms with Crippen LogP contribution in [0.1, 0.15) is 16.8 Å². The van der Waals surface area contributed by atoms with E-state index in [1.54, 1.807) is 12.3 Å². The molecule has 0 aliphatic rings. The summed E-state index contributed by atoms with van der Waals surface area (Å²) in [6.45, 7) is 4.05. The minimum Gasteiger partial charge on any atom is -0.409 e. The van der Waals surface area contributed by atoms with Crippen molar-refractivity contribution >= 4 is 5.84 Å². The lowest BCUT2D eigenvalue weighted by Crippen LogP contribution is -2.15. The average Bonchev–Trinajstić information content (AvgIpc) is 2.41. The molecule has 18 heavy (non-hydrogen) atoms. The quantitative estimate of drug-likeness (QED) is 0.364. The first-order valence-electron chi connectivity index (χ1n) is 5.51. The zero-order valence-corrected chi connectivity index (χ0v) is 10.3. The first kappa shape index (κ1) is 12.0. The van der Waals surface area contributed by atoms with Crippen molar-refractivity contribution in [2.75, 3.05) is 0 Å². The Morgan fingerprint density at radius 1 is 1.28 bits per heavy atom. The lowest BCUT2D eigenvalue weighted by molar-refractivity contribution is 0.318. The van der Waals surface area contributed by atoms with E-state index in [1.807, 2.05) is 32.0 Å². The van der Waals surface area contributed by atoms with Gasteiger partial charge in [0.1, 0.15) is 5.69 Å². The van der Waals surface area contributed by atoms with E-state index >= 15 is 0 Å². The van der Waals surface area contributed by atoms with Crippen molar-refractivity contribution in [2.45, 2.75) is 13.8 Å². The van der Waals surface area contributed by atoms with Gasteiger partial charge >= 0.3 is 0 Å². The fourth-order valence-corrected chi connectivity index (χ4v) is 1.68. The maximum absolute atomic E-state index is 8.65. The Bertz CT molecular complexity index is 608. The highest BCUT2D eigenvalue weighted by Crippen LogP contribution is 2.22. The summed E-state index contributed by atoms with van der Waals surface area (Å²) in [7, 11) is 0. The molecule has 2 rings (SSSR count). The van der Waals surface area contributed by atoms with E-state index < -0.39 is 0 Å². The van der Waals surface area contributed by atoms with Crippen LogP contribution in [0.15, 0.2) is 35.6 Å². The maximum Gasteiger partial charge on any atom is 0.188 e. The van der Waals surface area contributed by atoms with Crippen LogP contribution in [0.25, 0.3) is 11.4 Å². The van der Waals surface area contributed by atoms with Crippen molar-refractivity contribution in [1.29, 1.82) is 0 Å². The van der Waals surface area contributed by atoms with E-state index in [4.69, 9.17) is 10.9 Å². The van der Waals surface area contributed by atoms with Gasteiger partial charge in [-0.3, -0.25) is 0 Å². The van der Waals surface area contributed by atoms with Crippen molar-refractivity contribution in [3.05, 3.63) is 47.3 Å². The molecule has 0 radical (unpaired) electrons. The molecule has 0 saturated carbocycles. The molecule has 0 aliphatic carbocycles. The summed E-state index contributed by atoms with van der Waals surface area (Å²) in [5, 5.41) is 11.6. The van der Waals surface area contributed by atoms with Crippen molar-refractivity contribution in [3.63, 3.8) is 0 Å². The molecule has 0 unspecified atom stereocenters. The van der Waals surface area contributed by atoms with E-state index in [0.717, 1.165) is 11.1 Å². The van der Waals surface area contributed by atoms with Crippen molar-refractivity contribution in [1.82, 2.24) is 9.97 Å². The van der Waals surface area contributed by atoms with E-state index in [0.29, 0.717) is 11.5 Å². The molecule has 0 saturated heterocycles. The summed E-state index contributed by atoms with van der Waals surface area (Å²) in [6.07, 6.45) is 1.59. The van der Waals surface area contributed by atoms with Crippen LogP contribution in [-0.2, 0) is 0 Å². The largest absolute Gasteiger partial charge is 0.409 e. The molecule has 0 spiro atoms. The molecule has 1 aromatic carbocycles. The number of hydrogen-bond donors (Lipinski definition) is 2. The molecular formula is C13H14N4O. The first-order valence-corrected chi connectivity index (χ1v) is 5.51. The van der Waals surface area contributed by atoms with Crippen LogP contribution in [0.2, 0.25) is 0 Å². The summed E-state index contributed by atoms with van der Waals surface area (Å²) in [4.78, 5) is 8.51. The maximum atomic E-state index is 8.65. The normalized spacial score (nSPS) is 11.6. The molecule has 1 aromatic heterocycles. The second-order valence-corrected chi connectivity index (χ2v) is 4.00. The van der Waals surface area contributed by atoms with Crippen molar-refractivity contribution in [2.24, 2.45) is 10.9 Å². The first-order chi connectivity index (χ1) is 8.63. The number of hydrogen-bond acceptors (Lipinski definition) is 4. The van der Waals surface area contributed by atoms with Gasteiger partial charge in [0.05, 0.1) is 0 Å². The molecule has 3 N–H and O–H groups in total.